The highest BCUT2D eigenvalue weighted by molar-refractivity contribution is 8.15. The third kappa shape index (κ3) is 4.34. The van der Waals surface area contributed by atoms with Gasteiger partial charge in [0.05, 0.1) is 6.04 Å². The van der Waals surface area contributed by atoms with E-state index in [-0.39, 0.29) is 29.5 Å². The number of aliphatic imine (C=N–C) groups is 1. The van der Waals surface area contributed by atoms with Crippen LogP contribution in [0.3, 0.4) is 0 Å². The SMILES string of the molecule is CCN=C1S[C@@H](CC(=O)N[C@@H](C)c2ccccc2)C(=O)N1CC. The molecule has 2 amide bonds. The lowest BCUT2D eigenvalue weighted by Crippen LogP contribution is -2.35. The molecule has 1 aromatic rings. The average Bonchev–Trinajstić information content (AvgIpc) is 2.83. The molecular formula is C17H23N3O2S. The smallest absolute Gasteiger partial charge is 0.242 e. The first kappa shape index (κ1) is 17.5. The van der Waals surface area contributed by atoms with Gasteiger partial charge in [-0.05, 0) is 26.3 Å². The molecule has 0 unspecified atom stereocenters. The summed E-state index contributed by atoms with van der Waals surface area (Å²) in [4.78, 5) is 30.6. The van der Waals surface area contributed by atoms with Gasteiger partial charge >= 0.3 is 0 Å². The maximum atomic E-state index is 12.4. The molecule has 1 aliphatic rings. The van der Waals surface area contributed by atoms with Crippen LogP contribution >= 0.6 is 11.8 Å². The van der Waals surface area contributed by atoms with Crippen molar-refractivity contribution in [2.75, 3.05) is 13.1 Å². The second-order valence-electron chi connectivity index (χ2n) is 5.35. The molecule has 0 aliphatic carbocycles. The molecule has 0 radical (unpaired) electrons. The van der Waals surface area contributed by atoms with Gasteiger partial charge in [0, 0.05) is 19.5 Å². The Bertz CT molecular complexity index is 589. The zero-order valence-electron chi connectivity index (χ0n) is 13.8. The number of thioether (sulfide) groups is 1. The van der Waals surface area contributed by atoms with E-state index in [1.54, 1.807) is 4.90 Å². The highest BCUT2D eigenvalue weighted by atomic mass is 32.2. The standard InChI is InChI=1S/C17H23N3O2S/c1-4-18-17-20(5-2)16(22)14(23-17)11-15(21)19-12(3)13-9-7-6-8-10-13/h6-10,12,14H,4-5,11H2,1-3H3,(H,19,21)/t12-,14-/m0/s1. The highest BCUT2D eigenvalue weighted by Crippen LogP contribution is 2.29. The molecule has 6 heteroatoms. The zero-order valence-corrected chi connectivity index (χ0v) is 14.6. The summed E-state index contributed by atoms with van der Waals surface area (Å²) >= 11 is 1.39. The van der Waals surface area contributed by atoms with Crippen LogP contribution in [0.2, 0.25) is 0 Å². The summed E-state index contributed by atoms with van der Waals surface area (Å²) in [5, 5.41) is 3.32. The number of carbonyl (C=O) groups is 2. The Morgan fingerprint density at radius 3 is 2.65 bits per heavy atom. The van der Waals surface area contributed by atoms with E-state index in [1.807, 2.05) is 51.1 Å². The van der Waals surface area contributed by atoms with Crippen molar-refractivity contribution in [3.8, 4) is 0 Å². The van der Waals surface area contributed by atoms with Crippen molar-refractivity contribution in [3.05, 3.63) is 35.9 Å². The van der Waals surface area contributed by atoms with E-state index in [0.717, 1.165) is 10.7 Å². The minimum Gasteiger partial charge on any atom is -0.350 e. The maximum Gasteiger partial charge on any atom is 0.242 e. The van der Waals surface area contributed by atoms with Crippen LogP contribution in [-0.4, -0.2) is 40.2 Å². The molecule has 1 N–H and O–H groups in total. The van der Waals surface area contributed by atoms with Gasteiger partial charge in [0.25, 0.3) is 0 Å². The summed E-state index contributed by atoms with van der Waals surface area (Å²) in [6.45, 7) is 7.02. The molecule has 1 aromatic carbocycles. The van der Waals surface area contributed by atoms with Crippen molar-refractivity contribution in [1.82, 2.24) is 10.2 Å². The van der Waals surface area contributed by atoms with Crippen LogP contribution in [0.25, 0.3) is 0 Å². The Labute approximate surface area is 141 Å². The van der Waals surface area contributed by atoms with E-state index in [2.05, 4.69) is 10.3 Å². The molecule has 1 fully saturated rings. The fraction of sp³-hybridized carbons (Fsp3) is 0.471. The summed E-state index contributed by atoms with van der Waals surface area (Å²) < 4.78 is 0. The summed E-state index contributed by atoms with van der Waals surface area (Å²) in [7, 11) is 0. The maximum absolute atomic E-state index is 12.4. The topological polar surface area (TPSA) is 61.8 Å². The van der Waals surface area contributed by atoms with Gasteiger partial charge in [-0.1, -0.05) is 42.1 Å². The van der Waals surface area contributed by atoms with Crippen LogP contribution in [-0.2, 0) is 9.59 Å². The van der Waals surface area contributed by atoms with Crippen LogP contribution in [0.5, 0.6) is 0 Å². The number of carbonyl (C=O) groups excluding carboxylic acids is 2. The third-order valence-electron chi connectivity index (χ3n) is 3.68. The lowest BCUT2D eigenvalue weighted by Gasteiger charge is -2.16. The van der Waals surface area contributed by atoms with Gasteiger partial charge in [0.2, 0.25) is 11.8 Å². The first-order valence-corrected chi connectivity index (χ1v) is 8.81. The summed E-state index contributed by atoms with van der Waals surface area (Å²) in [6, 6.07) is 9.72. The Kier molecular flexibility index (Phi) is 6.21. The van der Waals surface area contributed by atoms with E-state index in [4.69, 9.17) is 0 Å². The zero-order chi connectivity index (χ0) is 16.8. The highest BCUT2D eigenvalue weighted by Gasteiger charge is 2.38. The minimum absolute atomic E-state index is 0.0211. The molecule has 124 valence electrons. The predicted octanol–water partition coefficient (Wildman–Crippen LogP) is 2.59. The van der Waals surface area contributed by atoms with Crippen molar-refractivity contribution < 1.29 is 9.59 Å². The Morgan fingerprint density at radius 2 is 2.04 bits per heavy atom. The van der Waals surface area contributed by atoms with Crippen molar-refractivity contribution in [3.63, 3.8) is 0 Å². The molecular weight excluding hydrogens is 310 g/mol. The van der Waals surface area contributed by atoms with Gasteiger partial charge in [0.1, 0.15) is 5.25 Å². The normalized spacial score (nSPS) is 20.8. The summed E-state index contributed by atoms with van der Waals surface area (Å²) in [6.07, 6.45) is 0.180. The summed E-state index contributed by atoms with van der Waals surface area (Å²) in [5.41, 5.74) is 1.05. The van der Waals surface area contributed by atoms with E-state index >= 15 is 0 Å². The van der Waals surface area contributed by atoms with E-state index in [0.29, 0.717) is 13.1 Å². The van der Waals surface area contributed by atoms with Gasteiger partial charge in [-0.3, -0.25) is 19.5 Å². The fourth-order valence-electron chi connectivity index (χ4n) is 2.48. The molecule has 1 aliphatic heterocycles. The fourth-order valence-corrected chi connectivity index (χ4v) is 3.75. The molecule has 1 heterocycles. The van der Waals surface area contributed by atoms with Gasteiger partial charge in [-0.15, -0.1) is 0 Å². The molecule has 0 bridgehead atoms. The number of nitrogens with zero attached hydrogens (tertiary/aromatic N) is 2. The van der Waals surface area contributed by atoms with Crippen LogP contribution in [0.1, 0.15) is 38.8 Å². The number of rotatable bonds is 6. The van der Waals surface area contributed by atoms with E-state index in [1.165, 1.54) is 11.8 Å². The third-order valence-corrected chi connectivity index (χ3v) is 4.89. The van der Waals surface area contributed by atoms with Crippen LogP contribution in [0.15, 0.2) is 35.3 Å². The number of hydrogen-bond donors (Lipinski definition) is 1. The molecule has 23 heavy (non-hydrogen) atoms. The largest absolute Gasteiger partial charge is 0.350 e. The van der Waals surface area contributed by atoms with Gasteiger partial charge in [0.15, 0.2) is 5.17 Å². The first-order chi connectivity index (χ1) is 11.1. The van der Waals surface area contributed by atoms with E-state index < -0.39 is 0 Å². The quantitative estimate of drug-likeness (QED) is 0.870. The van der Waals surface area contributed by atoms with Crippen molar-refractivity contribution in [2.45, 2.75) is 38.5 Å². The van der Waals surface area contributed by atoms with E-state index in [9.17, 15) is 9.59 Å². The molecule has 0 spiro atoms. The van der Waals surface area contributed by atoms with Crippen LogP contribution in [0.4, 0.5) is 0 Å². The van der Waals surface area contributed by atoms with Crippen LogP contribution < -0.4 is 5.32 Å². The number of nitrogens with one attached hydrogen (secondary N) is 1. The molecule has 1 saturated heterocycles. The summed E-state index contributed by atoms with van der Waals surface area (Å²) in [5.74, 6) is -0.131. The lowest BCUT2D eigenvalue weighted by molar-refractivity contribution is -0.129. The second kappa shape index (κ2) is 8.15. The molecule has 2 rings (SSSR count). The molecule has 2 atom stereocenters. The monoisotopic (exact) mass is 333 g/mol. The average molecular weight is 333 g/mol. The Morgan fingerprint density at radius 1 is 1.35 bits per heavy atom. The van der Waals surface area contributed by atoms with Gasteiger partial charge in [-0.2, -0.15) is 0 Å². The van der Waals surface area contributed by atoms with Crippen molar-refractivity contribution in [1.29, 1.82) is 0 Å². The number of amidine groups is 1. The Balaban J connectivity index is 1.95. The molecule has 5 nitrogen and oxygen atoms in total. The van der Waals surface area contributed by atoms with Crippen molar-refractivity contribution >= 4 is 28.7 Å². The number of hydrogen-bond acceptors (Lipinski definition) is 4. The number of benzene rings is 1. The van der Waals surface area contributed by atoms with Gasteiger partial charge < -0.3 is 5.32 Å². The van der Waals surface area contributed by atoms with Crippen molar-refractivity contribution in [2.24, 2.45) is 4.99 Å². The lowest BCUT2D eigenvalue weighted by atomic mass is 10.1. The first-order valence-electron chi connectivity index (χ1n) is 7.93. The number of amides is 2. The van der Waals surface area contributed by atoms with Gasteiger partial charge in [-0.25, -0.2) is 0 Å². The van der Waals surface area contributed by atoms with Crippen LogP contribution in [0, 0.1) is 0 Å². The minimum atomic E-state index is -0.372. The molecule has 0 aromatic heterocycles. The second-order valence-corrected chi connectivity index (χ2v) is 6.52. The predicted molar refractivity (Wildman–Crippen MR) is 94.4 cm³/mol. The Hall–Kier alpha value is -1.82. The molecule has 0 saturated carbocycles.